The molecule has 2 aromatic heterocycles. The second-order valence-corrected chi connectivity index (χ2v) is 5.21. The molecule has 2 N–H and O–H groups in total. The van der Waals surface area contributed by atoms with Crippen molar-refractivity contribution in [3.05, 3.63) is 55.4 Å². The molecule has 0 unspecified atom stereocenters. The zero-order valence-corrected chi connectivity index (χ0v) is 12.4. The van der Waals surface area contributed by atoms with E-state index >= 15 is 0 Å². The SMILES string of the molecule is [N-]=[N+]=NCc1cn([C@H]2C[C@H](n3ccc(=O)[nH]c3=O)O[C@@H]2CO)nn1. The summed E-state index contributed by atoms with van der Waals surface area (Å²) < 4.78 is 8.46. The molecule has 0 saturated carbocycles. The normalized spacial score (nSPS) is 23.1. The number of hydrogen-bond acceptors (Lipinski definition) is 7. The maximum Gasteiger partial charge on any atom is 0.330 e. The van der Waals surface area contributed by atoms with Crippen molar-refractivity contribution < 1.29 is 9.84 Å². The lowest BCUT2D eigenvalue weighted by Gasteiger charge is -2.15. The number of aromatic nitrogens is 5. The molecule has 2 aromatic rings. The number of ether oxygens (including phenoxy) is 1. The minimum absolute atomic E-state index is 0.0661. The molecule has 12 nitrogen and oxygen atoms in total. The summed E-state index contributed by atoms with van der Waals surface area (Å²) in [5.74, 6) is 0. The van der Waals surface area contributed by atoms with Gasteiger partial charge in [0.2, 0.25) is 0 Å². The van der Waals surface area contributed by atoms with Crippen LogP contribution < -0.4 is 11.2 Å². The summed E-state index contributed by atoms with van der Waals surface area (Å²) in [5.41, 5.74) is 7.72. The van der Waals surface area contributed by atoms with Gasteiger partial charge in [0.15, 0.2) is 0 Å². The van der Waals surface area contributed by atoms with Crippen LogP contribution >= 0.6 is 0 Å². The van der Waals surface area contributed by atoms with Crippen molar-refractivity contribution in [2.24, 2.45) is 5.11 Å². The van der Waals surface area contributed by atoms with Crippen LogP contribution in [-0.2, 0) is 11.3 Å². The molecule has 3 atom stereocenters. The van der Waals surface area contributed by atoms with Crippen molar-refractivity contribution in [1.29, 1.82) is 0 Å². The van der Waals surface area contributed by atoms with Gasteiger partial charge >= 0.3 is 5.69 Å². The molecule has 0 amide bonds. The van der Waals surface area contributed by atoms with E-state index in [0.29, 0.717) is 12.1 Å². The van der Waals surface area contributed by atoms with Gasteiger partial charge in [-0.05, 0) is 5.53 Å². The molecule has 1 fully saturated rings. The van der Waals surface area contributed by atoms with E-state index in [1.54, 1.807) is 6.20 Å². The highest BCUT2D eigenvalue weighted by molar-refractivity contribution is 4.96. The number of hydrogen-bond donors (Lipinski definition) is 2. The van der Waals surface area contributed by atoms with Crippen LogP contribution in [0.4, 0.5) is 0 Å². The Labute approximate surface area is 133 Å². The van der Waals surface area contributed by atoms with Gasteiger partial charge in [-0.2, -0.15) is 0 Å². The predicted molar refractivity (Wildman–Crippen MR) is 78.8 cm³/mol. The molecule has 12 heteroatoms. The Hall–Kier alpha value is -2.95. The van der Waals surface area contributed by atoms with Crippen molar-refractivity contribution >= 4 is 0 Å². The zero-order chi connectivity index (χ0) is 17.1. The molecule has 1 saturated heterocycles. The summed E-state index contributed by atoms with van der Waals surface area (Å²) in [6.07, 6.45) is 2.05. The Morgan fingerprint density at radius 2 is 2.38 bits per heavy atom. The van der Waals surface area contributed by atoms with Crippen molar-refractivity contribution in [2.45, 2.75) is 31.3 Å². The number of rotatable bonds is 5. The third-order valence-electron chi connectivity index (χ3n) is 3.74. The topological polar surface area (TPSA) is 164 Å². The number of aromatic amines is 1. The van der Waals surface area contributed by atoms with Crippen molar-refractivity contribution in [3.63, 3.8) is 0 Å². The fourth-order valence-electron chi connectivity index (χ4n) is 2.63. The summed E-state index contributed by atoms with van der Waals surface area (Å²) in [6.45, 7) is -0.207. The Morgan fingerprint density at radius 3 is 3.08 bits per heavy atom. The third-order valence-corrected chi connectivity index (χ3v) is 3.74. The number of azide groups is 1. The van der Waals surface area contributed by atoms with E-state index in [0.717, 1.165) is 0 Å². The summed E-state index contributed by atoms with van der Waals surface area (Å²) in [4.78, 5) is 27.8. The van der Waals surface area contributed by atoms with Crippen LogP contribution in [0.25, 0.3) is 10.4 Å². The van der Waals surface area contributed by atoms with Crippen molar-refractivity contribution in [2.75, 3.05) is 6.61 Å². The number of aliphatic hydroxyl groups is 1. The van der Waals surface area contributed by atoms with Crippen LogP contribution in [0.3, 0.4) is 0 Å². The lowest BCUT2D eigenvalue weighted by atomic mass is 10.1. The van der Waals surface area contributed by atoms with E-state index in [1.807, 2.05) is 0 Å². The first kappa shape index (κ1) is 15.9. The first-order chi connectivity index (χ1) is 11.6. The summed E-state index contributed by atoms with van der Waals surface area (Å²) in [6, 6.07) is 0.866. The average molecular weight is 334 g/mol. The largest absolute Gasteiger partial charge is 0.394 e. The zero-order valence-electron chi connectivity index (χ0n) is 12.4. The number of nitrogens with zero attached hydrogens (tertiary/aromatic N) is 7. The molecule has 3 heterocycles. The highest BCUT2D eigenvalue weighted by Gasteiger charge is 2.38. The molecule has 0 spiro atoms. The van der Waals surface area contributed by atoms with E-state index < -0.39 is 23.6 Å². The van der Waals surface area contributed by atoms with Gasteiger partial charge in [0.05, 0.1) is 24.9 Å². The highest BCUT2D eigenvalue weighted by Crippen LogP contribution is 2.35. The Balaban J connectivity index is 1.84. The van der Waals surface area contributed by atoms with Gasteiger partial charge in [-0.15, -0.1) is 5.10 Å². The molecule has 3 rings (SSSR count). The predicted octanol–water partition coefficient (Wildman–Crippen LogP) is -0.541. The average Bonchev–Trinajstić information content (AvgIpc) is 3.19. The molecule has 24 heavy (non-hydrogen) atoms. The van der Waals surface area contributed by atoms with Gasteiger partial charge in [-0.1, -0.05) is 10.3 Å². The van der Waals surface area contributed by atoms with Crippen LogP contribution in [0.1, 0.15) is 24.4 Å². The second kappa shape index (κ2) is 6.66. The molecule has 0 radical (unpaired) electrons. The second-order valence-electron chi connectivity index (χ2n) is 5.21. The lowest BCUT2D eigenvalue weighted by Crippen LogP contribution is -2.31. The van der Waals surface area contributed by atoms with Gasteiger partial charge in [0, 0.05) is 29.8 Å². The third kappa shape index (κ3) is 3.06. The number of aliphatic hydroxyl groups excluding tert-OH is 1. The monoisotopic (exact) mass is 334 g/mol. The van der Waals surface area contributed by atoms with Crippen LogP contribution in [0, 0.1) is 0 Å². The smallest absolute Gasteiger partial charge is 0.330 e. The van der Waals surface area contributed by atoms with Crippen molar-refractivity contribution in [3.8, 4) is 0 Å². The number of H-pyrrole nitrogens is 1. The van der Waals surface area contributed by atoms with Crippen LogP contribution in [0.2, 0.25) is 0 Å². The maximum absolute atomic E-state index is 11.9. The Bertz CT molecular complexity index is 879. The van der Waals surface area contributed by atoms with Gasteiger partial charge in [0.1, 0.15) is 12.3 Å². The molecular weight excluding hydrogens is 320 g/mol. The van der Waals surface area contributed by atoms with E-state index in [2.05, 4.69) is 25.3 Å². The molecule has 1 aliphatic rings. The summed E-state index contributed by atoms with van der Waals surface area (Å²) >= 11 is 0. The molecule has 0 aromatic carbocycles. The van der Waals surface area contributed by atoms with Gasteiger partial charge in [0.25, 0.3) is 5.56 Å². The quantitative estimate of drug-likeness (QED) is 0.423. The fraction of sp³-hybridized carbons (Fsp3) is 0.500. The van der Waals surface area contributed by atoms with E-state index in [-0.39, 0.29) is 19.2 Å². The Morgan fingerprint density at radius 1 is 1.54 bits per heavy atom. The summed E-state index contributed by atoms with van der Waals surface area (Å²) in [7, 11) is 0. The van der Waals surface area contributed by atoms with Gasteiger partial charge in [-0.3, -0.25) is 14.3 Å². The summed E-state index contributed by atoms with van der Waals surface area (Å²) in [5, 5.41) is 20.8. The molecular formula is C12H14N8O4. The van der Waals surface area contributed by atoms with E-state index in [1.165, 1.54) is 21.5 Å². The van der Waals surface area contributed by atoms with Crippen LogP contribution in [0.5, 0.6) is 0 Å². The van der Waals surface area contributed by atoms with Crippen LogP contribution in [0.15, 0.2) is 33.2 Å². The first-order valence-electron chi connectivity index (χ1n) is 7.11. The lowest BCUT2D eigenvalue weighted by molar-refractivity contribution is -0.0322. The molecule has 126 valence electrons. The minimum Gasteiger partial charge on any atom is -0.394 e. The van der Waals surface area contributed by atoms with Crippen molar-refractivity contribution in [1.82, 2.24) is 24.5 Å². The number of nitrogens with one attached hydrogen (secondary N) is 1. The standard InChI is InChI=1S/C12H14N8O4/c13-17-14-4-7-5-20(18-16-7)8-3-11(24-9(8)6-21)19-2-1-10(22)15-12(19)23/h1-2,5,8-9,11,21H,3-4,6H2,(H,15,22,23)/t8-,9+,11+/m0/s1. The van der Waals surface area contributed by atoms with Gasteiger partial charge in [-0.25, -0.2) is 9.48 Å². The fourth-order valence-corrected chi connectivity index (χ4v) is 2.63. The van der Waals surface area contributed by atoms with E-state index in [9.17, 15) is 14.7 Å². The van der Waals surface area contributed by atoms with Crippen LogP contribution in [-0.4, -0.2) is 42.4 Å². The van der Waals surface area contributed by atoms with Gasteiger partial charge < -0.3 is 9.84 Å². The first-order valence-corrected chi connectivity index (χ1v) is 7.11. The molecule has 0 aliphatic carbocycles. The highest BCUT2D eigenvalue weighted by atomic mass is 16.5. The molecule has 1 aliphatic heterocycles. The molecule has 0 bridgehead atoms. The van der Waals surface area contributed by atoms with E-state index in [4.69, 9.17) is 10.3 Å². The Kier molecular flexibility index (Phi) is 4.42. The maximum atomic E-state index is 11.9. The minimum atomic E-state index is -0.652.